The van der Waals surface area contributed by atoms with Crippen LogP contribution in [0.2, 0.25) is 0 Å². The molecule has 1 spiro atoms. The number of hydrogen-bond donors (Lipinski definition) is 1. The van der Waals surface area contributed by atoms with Gasteiger partial charge in [0.2, 0.25) is 0 Å². The largest absolute Gasteiger partial charge is 0.481 e. The Labute approximate surface area is 129 Å². The summed E-state index contributed by atoms with van der Waals surface area (Å²) < 4.78 is 5.34. The zero-order chi connectivity index (χ0) is 15.6. The smallest absolute Gasteiger partial charge is 0.410 e. The van der Waals surface area contributed by atoms with E-state index in [0.29, 0.717) is 19.7 Å². The molecule has 3 rings (SSSR count). The van der Waals surface area contributed by atoms with Crippen molar-refractivity contribution in [1.82, 2.24) is 4.90 Å². The number of hydrogen-bond acceptors (Lipinski definition) is 3. The van der Waals surface area contributed by atoms with Crippen molar-refractivity contribution in [2.45, 2.75) is 32.3 Å². The van der Waals surface area contributed by atoms with Crippen LogP contribution in [0.1, 0.15) is 31.2 Å². The van der Waals surface area contributed by atoms with Crippen LogP contribution in [-0.4, -0.2) is 35.2 Å². The topological polar surface area (TPSA) is 66.8 Å². The van der Waals surface area contributed by atoms with Gasteiger partial charge in [-0.15, -0.1) is 0 Å². The molecule has 0 bridgehead atoms. The summed E-state index contributed by atoms with van der Waals surface area (Å²) in [6.45, 7) is 1.63. The second kappa shape index (κ2) is 5.99. The van der Waals surface area contributed by atoms with E-state index >= 15 is 0 Å². The Morgan fingerprint density at radius 1 is 1.18 bits per heavy atom. The van der Waals surface area contributed by atoms with Crippen LogP contribution in [0.15, 0.2) is 30.3 Å². The van der Waals surface area contributed by atoms with Crippen molar-refractivity contribution < 1.29 is 19.4 Å². The molecule has 1 saturated heterocycles. The Bertz CT molecular complexity index is 541. The molecule has 2 aliphatic rings. The first kappa shape index (κ1) is 14.9. The molecule has 1 aromatic carbocycles. The molecule has 0 aromatic heterocycles. The third-order valence-electron chi connectivity index (χ3n) is 5.00. The SMILES string of the molecule is O=C(O)C1CC2(CCN(C(=O)OCc3ccccc3)CC2)C1. The number of nitrogens with zero attached hydrogens (tertiary/aromatic N) is 1. The summed E-state index contributed by atoms with van der Waals surface area (Å²) in [5.41, 5.74) is 1.13. The van der Waals surface area contributed by atoms with Gasteiger partial charge in [0.15, 0.2) is 0 Å². The predicted molar refractivity (Wildman–Crippen MR) is 80.2 cm³/mol. The summed E-state index contributed by atoms with van der Waals surface area (Å²) in [6, 6.07) is 9.63. The Hall–Kier alpha value is -2.04. The molecule has 1 aliphatic heterocycles. The maximum Gasteiger partial charge on any atom is 0.410 e. The van der Waals surface area contributed by atoms with Crippen molar-refractivity contribution in [1.29, 1.82) is 0 Å². The van der Waals surface area contributed by atoms with E-state index in [1.807, 2.05) is 30.3 Å². The highest BCUT2D eigenvalue weighted by atomic mass is 16.6. The Kier molecular flexibility index (Phi) is 4.05. The zero-order valence-corrected chi connectivity index (χ0v) is 12.5. The molecule has 0 unspecified atom stereocenters. The average molecular weight is 303 g/mol. The van der Waals surface area contributed by atoms with Crippen LogP contribution >= 0.6 is 0 Å². The summed E-state index contributed by atoms with van der Waals surface area (Å²) >= 11 is 0. The molecule has 5 nitrogen and oxygen atoms in total. The maximum absolute atomic E-state index is 12.1. The lowest BCUT2D eigenvalue weighted by atomic mass is 9.57. The summed E-state index contributed by atoms with van der Waals surface area (Å²) in [6.07, 6.45) is 3.02. The second-order valence-corrected chi connectivity index (χ2v) is 6.47. The Morgan fingerprint density at radius 2 is 1.82 bits per heavy atom. The molecule has 1 N–H and O–H groups in total. The minimum Gasteiger partial charge on any atom is -0.481 e. The van der Waals surface area contributed by atoms with Crippen LogP contribution in [0.5, 0.6) is 0 Å². The van der Waals surface area contributed by atoms with E-state index in [9.17, 15) is 9.59 Å². The van der Waals surface area contributed by atoms with Crippen molar-refractivity contribution in [3.8, 4) is 0 Å². The Morgan fingerprint density at radius 3 is 2.41 bits per heavy atom. The van der Waals surface area contributed by atoms with E-state index in [2.05, 4.69) is 0 Å². The van der Waals surface area contributed by atoms with E-state index < -0.39 is 5.97 Å². The first-order chi connectivity index (χ1) is 10.6. The fraction of sp³-hybridized carbons (Fsp3) is 0.529. The van der Waals surface area contributed by atoms with Crippen molar-refractivity contribution in [2.75, 3.05) is 13.1 Å². The normalized spacial score (nSPS) is 20.5. The number of piperidine rings is 1. The van der Waals surface area contributed by atoms with Gasteiger partial charge in [-0.1, -0.05) is 30.3 Å². The zero-order valence-electron chi connectivity index (χ0n) is 12.5. The number of carbonyl (C=O) groups is 2. The fourth-order valence-electron chi connectivity index (χ4n) is 3.54. The first-order valence-electron chi connectivity index (χ1n) is 7.76. The van der Waals surface area contributed by atoms with Crippen molar-refractivity contribution in [2.24, 2.45) is 11.3 Å². The first-order valence-corrected chi connectivity index (χ1v) is 7.76. The van der Waals surface area contributed by atoms with Gasteiger partial charge in [-0.05, 0) is 36.7 Å². The predicted octanol–water partition coefficient (Wildman–Crippen LogP) is 2.90. The van der Waals surface area contributed by atoms with Gasteiger partial charge in [-0.3, -0.25) is 4.79 Å². The minimum atomic E-state index is -0.685. The average Bonchev–Trinajstić information content (AvgIpc) is 2.51. The number of amides is 1. The van der Waals surface area contributed by atoms with Crippen LogP contribution in [0, 0.1) is 11.3 Å². The molecule has 118 valence electrons. The monoisotopic (exact) mass is 303 g/mol. The molecule has 1 amide bonds. The molecular weight excluding hydrogens is 282 g/mol. The van der Waals surface area contributed by atoms with Gasteiger partial charge in [0.1, 0.15) is 6.61 Å². The van der Waals surface area contributed by atoms with E-state index in [4.69, 9.17) is 9.84 Å². The lowest BCUT2D eigenvalue weighted by Crippen LogP contribution is -2.50. The maximum atomic E-state index is 12.1. The van der Waals surface area contributed by atoms with Gasteiger partial charge in [-0.2, -0.15) is 0 Å². The minimum absolute atomic E-state index is 0.152. The molecule has 22 heavy (non-hydrogen) atoms. The highest BCUT2D eigenvalue weighted by molar-refractivity contribution is 5.71. The van der Waals surface area contributed by atoms with E-state index in [-0.39, 0.29) is 17.4 Å². The lowest BCUT2D eigenvalue weighted by molar-refractivity contribution is -0.152. The molecule has 1 heterocycles. The van der Waals surface area contributed by atoms with Crippen molar-refractivity contribution in [3.63, 3.8) is 0 Å². The molecule has 2 fully saturated rings. The van der Waals surface area contributed by atoms with Gasteiger partial charge in [0.25, 0.3) is 0 Å². The number of carboxylic acids is 1. The van der Waals surface area contributed by atoms with Gasteiger partial charge in [-0.25, -0.2) is 4.79 Å². The molecule has 0 radical (unpaired) electrons. The third kappa shape index (κ3) is 3.08. The van der Waals surface area contributed by atoms with Crippen molar-refractivity contribution >= 4 is 12.1 Å². The summed E-state index contributed by atoms with van der Waals surface area (Å²) in [7, 11) is 0. The molecule has 5 heteroatoms. The number of carboxylic acid groups (broad SMARTS) is 1. The van der Waals surface area contributed by atoms with Crippen LogP contribution in [0.3, 0.4) is 0 Å². The number of likely N-dealkylation sites (tertiary alicyclic amines) is 1. The Balaban J connectivity index is 1.44. The van der Waals surface area contributed by atoms with E-state index in [0.717, 1.165) is 31.2 Å². The fourth-order valence-corrected chi connectivity index (χ4v) is 3.54. The molecule has 1 aliphatic carbocycles. The summed E-state index contributed by atoms with van der Waals surface area (Å²) in [5, 5.41) is 8.98. The number of ether oxygens (including phenoxy) is 1. The summed E-state index contributed by atoms with van der Waals surface area (Å²) in [4.78, 5) is 24.7. The van der Waals surface area contributed by atoms with Crippen LogP contribution in [-0.2, 0) is 16.1 Å². The molecular formula is C17H21NO4. The van der Waals surface area contributed by atoms with Gasteiger partial charge in [0.05, 0.1) is 5.92 Å². The summed E-state index contributed by atoms with van der Waals surface area (Å²) in [5.74, 6) is -0.869. The number of aliphatic carboxylic acids is 1. The highest BCUT2D eigenvalue weighted by Crippen LogP contribution is 2.52. The standard InChI is InChI=1S/C17H21NO4/c19-15(20)14-10-17(11-14)6-8-18(9-7-17)16(21)22-12-13-4-2-1-3-5-13/h1-5,14H,6-12H2,(H,19,20). The van der Waals surface area contributed by atoms with Crippen LogP contribution in [0.4, 0.5) is 4.79 Å². The van der Waals surface area contributed by atoms with Crippen LogP contribution < -0.4 is 0 Å². The van der Waals surface area contributed by atoms with E-state index in [1.54, 1.807) is 4.90 Å². The van der Waals surface area contributed by atoms with Gasteiger partial charge >= 0.3 is 12.1 Å². The highest BCUT2D eigenvalue weighted by Gasteiger charge is 2.49. The lowest BCUT2D eigenvalue weighted by Gasteiger charge is -2.50. The van der Waals surface area contributed by atoms with Crippen LogP contribution in [0.25, 0.3) is 0 Å². The second-order valence-electron chi connectivity index (χ2n) is 6.47. The molecule has 1 saturated carbocycles. The van der Waals surface area contributed by atoms with Crippen molar-refractivity contribution in [3.05, 3.63) is 35.9 Å². The number of benzene rings is 1. The number of rotatable bonds is 3. The van der Waals surface area contributed by atoms with Gasteiger partial charge in [0, 0.05) is 13.1 Å². The molecule has 0 atom stereocenters. The number of carbonyl (C=O) groups excluding carboxylic acids is 1. The van der Waals surface area contributed by atoms with Gasteiger partial charge < -0.3 is 14.7 Å². The van der Waals surface area contributed by atoms with E-state index in [1.165, 1.54) is 0 Å². The quantitative estimate of drug-likeness (QED) is 0.932. The molecule has 1 aromatic rings. The third-order valence-corrected chi connectivity index (χ3v) is 5.00.